The van der Waals surface area contributed by atoms with Crippen molar-refractivity contribution in [2.75, 3.05) is 0 Å². The molecular formula is C21H15N5OS. The molecule has 0 N–H and O–H groups in total. The summed E-state index contributed by atoms with van der Waals surface area (Å²) in [6.07, 6.45) is 5.70. The number of carbonyl (C=O) groups excluding carboxylic acids is 1. The number of hydrogen-bond donors (Lipinski definition) is 0. The van der Waals surface area contributed by atoms with E-state index in [1.165, 1.54) is 0 Å². The molecule has 0 saturated carbocycles. The van der Waals surface area contributed by atoms with Gasteiger partial charge in [0.05, 0.1) is 33.9 Å². The van der Waals surface area contributed by atoms with E-state index in [1.54, 1.807) is 27.7 Å². The Morgan fingerprint density at radius 2 is 1.96 bits per heavy atom. The van der Waals surface area contributed by atoms with Crippen LogP contribution in [-0.2, 0) is 13.5 Å². The molecule has 3 aromatic heterocycles. The number of rotatable bonds is 4. The van der Waals surface area contributed by atoms with Crippen LogP contribution in [0, 0.1) is 0 Å². The van der Waals surface area contributed by atoms with Crippen molar-refractivity contribution in [2.45, 2.75) is 6.42 Å². The van der Waals surface area contributed by atoms with Crippen LogP contribution in [0.15, 0.2) is 60.5 Å². The van der Waals surface area contributed by atoms with Crippen LogP contribution in [0.2, 0.25) is 0 Å². The van der Waals surface area contributed by atoms with Crippen LogP contribution in [0.4, 0.5) is 0 Å². The van der Waals surface area contributed by atoms with E-state index in [0.717, 1.165) is 32.2 Å². The third kappa shape index (κ3) is 3.05. The molecule has 0 amide bonds. The summed E-state index contributed by atoms with van der Waals surface area (Å²) in [6.45, 7) is 0. The second-order valence-electron chi connectivity index (χ2n) is 6.60. The number of hydrogen-bond acceptors (Lipinski definition) is 6. The minimum absolute atomic E-state index is 0.0161. The Hall–Kier alpha value is -3.45. The van der Waals surface area contributed by atoms with E-state index in [2.05, 4.69) is 20.1 Å². The van der Waals surface area contributed by atoms with Crippen LogP contribution in [0.25, 0.3) is 32.2 Å². The normalized spacial score (nSPS) is 11.3. The van der Waals surface area contributed by atoms with E-state index >= 15 is 0 Å². The van der Waals surface area contributed by atoms with Gasteiger partial charge in [-0.1, -0.05) is 12.1 Å². The first-order chi connectivity index (χ1) is 13.7. The van der Waals surface area contributed by atoms with Gasteiger partial charge in [-0.3, -0.25) is 9.48 Å². The molecule has 0 saturated heterocycles. The Labute approximate surface area is 164 Å². The molecule has 5 aromatic rings. The maximum absolute atomic E-state index is 12.7. The summed E-state index contributed by atoms with van der Waals surface area (Å²) in [6, 6.07) is 11.6. The highest BCUT2D eigenvalue weighted by atomic mass is 32.1. The number of nitrogens with zero attached hydrogens (tertiary/aromatic N) is 5. The first kappa shape index (κ1) is 16.7. The molecule has 0 unspecified atom stereocenters. The molecular weight excluding hydrogens is 370 g/mol. The standard InChI is InChI=1S/C21H15N5OS/c1-26-11-16(10-24-26)13-2-3-15-9-22-21(25-17(15)6-13)8-19(27)14-4-5-20-18(7-14)23-12-28-20/h2-7,9-12H,8H2,1H3. The second-order valence-corrected chi connectivity index (χ2v) is 7.48. The summed E-state index contributed by atoms with van der Waals surface area (Å²) in [7, 11) is 1.89. The Morgan fingerprint density at radius 3 is 2.82 bits per heavy atom. The molecule has 6 nitrogen and oxygen atoms in total. The zero-order valence-corrected chi connectivity index (χ0v) is 15.8. The molecule has 0 spiro atoms. The molecule has 28 heavy (non-hydrogen) atoms. The van der Waals surface area contributed by atoms with Crippen molar-refractivity contribution in [3.05, 3.63) is 71.9 Å². The Morgan fingerprint density at radius 1 is 1.04 bits per heavy atom. The molecule has 0 fully saturated rings. The largest absolute Gasteiger partial charge is 0.294 e. The molecule has 0 atom stereocenters. The van der Waals surface area contributed by atoms with Gasteiger partial charge in [0.2, 0.25) is 0 Å². The van der Waals surface area contributed by atoms with E-state index in [-0.39, 0.29) is 12.2 Å². The summed E-state index contributed by atoms with van der Waals surface area (Å²) < 4.78 is 2.84. The maximum atomic E-state index is 12.7. The predicted molar refractivity (Wildman–Crippen MR) is 109 cm³/mol. The van der Waals surface area contributed by atoms with Crippen molar-refractivity contribution in [2.24, 2.45) is 7.05 Å². The fraction of sp³-hybridized carbons (Fsp3) is 0.0952. The average molecular weight is 385 g/mol. The van der Waals surface area contributed by atoms with Gasteiger partial charge in [-0.2, -0.15) is 5.10 Å². The van der Waals surface area contributed by atoms with Gasteiger partial charge in [-0.25, -0.2) is 15.0 Å². The van der Waals surface area contributed by atoms with Gasteiger partial charge in [0.25, 0.3) is 0 Å². The summed E-state index contributed by atoms with van der Waals surface area (Å²) in [5.41, 5.74) is 6.13. The van der Waals surface area contributed by atoms with Gasteiger partial charge >= 0.3 is 0 Å². The Balaban J connectivity index is 1.45. The van der Waals surface area contributed by atoms with Crippen molar-refractivity contribution < 1.29 is 4.79 Å². The first-order valence-electron chi connectivity index (χ1n) is 8.77. The highest BCUT2D eigenvalue weighted by Gasteiger charge is 2.12. The number of ketones is 1. The molecule has 0 aliphatic rings. The smallest absolute Gasteiger partial charge is 0.170 e. The van der Waals surface area contributed by atoms with Gasteiger partial charge in [-0.05, 0) is 29.8 Å². The third-order valence-corrected chi connectivity index (χ3v) is 5.45. The second kappa shape index (κ2) is 6.61. The Kier molecular flexibility index (Phi) is 3.95. The van der Waals surface area contributed by atoms with Crippen LogP contribution >= 0.6 is 11.3 Å². The highest BCUT2D eigenvalue weighted by molar-refractivity contribution is 7.16. The highest BCUT2D eigenvalue weighted by Crippen LogP contribution is 2.23. The lowest BCUT2D eigenvalue weighted by atomic mass is 10.1. The number of aromatic nitrogens is 5. The molecule has 3 heterocycles. The van der Waals surface area contributed by atoms with Crippen LogP contribution in [0.5, 0.6) is 0 Å². The van der Waals surface area contributed by atoms with Gasteiger partial charge in [0, 0.05) is 36.0 Å². The van der Waals surface area contributed by atoms with E-state index in [1.807, 2.05) is 55.8 Å². The SMILES string of the molecule is Cn1cc(-c2ccc3cnc(CC(=O)c4ccc5scnc5c4)nc3c2)cn1. The quantitative estimate of drug-likeness (QED) is 0.436. The molecule has 0 bridgehead atoms. The number of thiazole rings is 1. The lowest BCUT2D eigenvalue weighted by Crippen LogP contribution is -2.07. The molecule has 7 heteroatoms. The third-order valence-electron chi connectivity index (χ3n) is 4.64. The van der Waals surface area contributed by atoms with Gasteiger partial charge in [0.15, 0.2) is 5.78 Å². The molecule has 0 aliphatic carbocycles. The van der Waals surface area contributed by atoms with E-state index < -0.39 is 0 Å². The van der Waals surface area contributed by atoms with Gasteiger partial charge in [0.1, 0.15) is 5.82 Å². The fourth-order valence-electron chi connectivity index (χ4n) is 3.17. The Bertz CT molecular complexity index is 1340. The van der Waals surface area contributed by atoms with E-state index in [4.69, 9.17) is 0 Å². The van der Waals surface area contributed by atoms with Gasteiger partial charge < -0.3 is 0 Å². The molecule has 0 radical (unpaired) electrons. The molecule has 2 aromatic carbocycles. The average Bonchev–Trinajstić information content (AvgIpc) is 3.35. The zero-order chi connectivity index (χ0) is 19.1. The van der Waals surface area contributed by atoms with Crippen molar-refractivity contribution in [3.63, 3.8) is 0 Å². The number of aryl methyl sites for hydroxylation is 1. The fourth-order valence-corrected chi connectivity index (χ4v) is 3.83. The number of benzene rings is 2. The maximum Gasteiger partial charge on any atom is 0.170 e. The van der Waals surface area contributed by atoms with Crippen LogP contribution in [-0.4, -0.2) is 30.5 Å². The van der Waals surface area contributed by atoms with Gasteiger partial charge in [-0.15, -0.1) is 11.3 Å². The predicted octanol–water partition coefficient (Wildman–Crippen LogP) is 4.07. The van der Waals surface area contributed by atoms with Crippen molar-refractivity contribution in [3.8, 4) is 11.1 Å². The number of fused-ring (bicyclic) bond motifs is 2. The van der Waals surface area contributed by atoms with Crippen molar-refractivity contribution >= 4 is 38.2 Å². The summed E-state index contributed by atoms with van der Waals surface area (Å²) in [5.74, 6) is 0.497. The summed E-state index contributed by atoms with van der Waals surface area (Å²) >= 11 is 1.56. The van der Waals surface area contributed by atoms with Crippen LogP contribution in [0.1, 0.15) is 16.2 Å². The monoisotopic (exact) mass is 385 g/mol. The summed E-state index contributed by atoms with van der Waals surface area (Å²) in [5, 5.41) is 5.15. The molecule has 5 rings (SSSR count). The summed E-state index contributed by atoms with van der Waals surface area (Å²) in [4.78, 5) is 26.0. The molecule has 0 aliphatic heterocycles. The van der Waals surface area contributed by atoms with Crippen molar-refractivity contribution in [1.29, 1.82) is 0 Å². The first-order valence-corrected chi connectivity index (χ1v) is 9.65. The van der Waals surface area contributed by atoms with Crippen molar-refractivity contribution in [1.82, 2.24) is 24.7 Å². The lowest BCUT2D eigenvalue weighted by molar-refractivity contribution is 0.0991. The minimum Gasteiger partial charge on any atom is -0.294 e. The molecule has 136 valence electrons. The zero-order valence-electron chi connectivity index (χ0n) is 15.0. The minimum atomic E-state index is -0.0161. The number of Topliss-reactive ketones (excluding diaryl/α,β-unsaturated/α-hetero) is 1. The number of carbonyl (C=O) groups is 1. The van der Waals surface area contributed by atoms with E-state index in [9.17, 15) is 4.79 Å². The van der Waals surface area contributed by atoms with Crippen LogP contribution in [0.3, 0.4) is 0 Å². The van der Waals surface area contributed by atoms with E-state index in [0.29, 0.717) is 11.4 Å². The van der Waals surface area contributed by atoms with Crippen LogP contribution < -0.4 is 0 Å². The topological polar surface area (TPSA) is 73.6 Å². The lowest BCUT2D eigenvalue weighted by Gasteiger charge is -2.04.